The smallest absolute Gasteiger partial charge is 0.338 e. The van der Waals surface area contributed by atoms with Crippen molar-refractivity contribution in [1.82, 2.24) is 0 Å². The van der Waals surface area contributed by atoms with Crippen molar-refractivity contribution in [3.63, 3.8) is 0 Å². The Balaban J connectivity index is 2.65. The van der Waals surface area contributed by atoms with E-state index in [4.69, 9.17) is 9.47 Å². The molecule has 0 aliphatic carbocycles. The largest absolute Gasteiger partial charge is 0.465 e. The van der Waals surface area contributed by atoms with E-state index >= 15 is 0 Å². The number of nitriles is 1. The molecule has 0 aromatic heterocycles. The Morgan fingerprint density at radius 1 is 1.08 bits per heavy atom. The third-order valence-electron chi connectivity index (χ3n) is 3.47. The number of hydrogen-bond donors (Lipinski definition) is 0. The molecule has 5 heteroatoms. The number of aryl methyl sites for hydroxylation is 1. The zero-order valence-electron chi connectivity index (χ0n) is 13.8. The van der Waals surface area contributed by atoms with Crippen LogP contribution in [0.5, 0.6) is 0 Å². The number of rotatable bonds is 4. The van der Waals surface area contributed by atoms with Crippen LogP contribution in [0.15, 0.2) is 36.4 Å². The number of methoxy groups -OCH3 is 1. The standard InChI is InChI=1S/C19H17NO4/c1-4-24-19(22)15-9-13(8-14(10-15)18(21)23-3)17-6-5-12(2)7-16(17)11-20/h5-10H,4H2,1-3H3. The second-order valence-corrected chi connectivity index (χ2v) is 5.17. The quantitative estimate of drug-likeness (QED) is 0.805. The Labute approximate surface area is 140 Å². The highest BCUT2D eigenvalue weighted by molar-refractivity contribution is 5.97. The van der Waals surface area contributed by atoms with Crippen LogP contribution in [0.1, 0.15) is 38.8 Å². The fourth-order valence-corrected chi connectivity index (χ4v) is 2.35. The maximum Gasteiger partial charge on any atom is 0.338 e. The number of hydrogen-bond acceptors (Lipinski definition) is 5. The fraction of sp³-hybridized carbons (Fsp3) is 0.211. The molecular formula is C19H17NO4. The van der Waals surface area contributed by atoms with Gasteiger partial charge < -0.3 is 9.47 Å². The van der Waals surface area contributed by atoms with E-state index in [1.54, 1.807) is 31.2 Å². The van der Waals surface area contributed by atoms with Crippen LogP contribution in [-0.4, -0.2) is 25.7 Å². The Kier molecular flexibility index (Phi) is 5.33. The summed E-state index contributed by atoms with van der Waals surface area (Å²) in [5, 5.41) is 9.36. The van der Waals surface area contributed by atoms with E-state index in [0.717, 1.165) is 5.56 Å². The molecule has 0 aliphatic rings. The van der Waals surface area contributed by atoms with E-state index in [1.807, 2.05) is 13.0 Å². The number of carbonyl (C=O) groups excluding carboxylic acids is 2. The summed E-state index contributed by atoms with van der Waals surface area (Å²) in [6, 6.07) is 12.2. The number of carbonyl (C=O) groups is 2. The van der Waals surface area contributed by atoms with Crippen LogP contribution in [0.4, 0.5) is 0 Å². The molecule has 0 amide bonds. The monoisotopic (exact) mass is 323 g/mol. The van der Waals surface area contributed by atoms with Gasteiger partial charge in [0.05, 0.1) is 36.5 Å². The van der Waals surface area contributed by atoms with Crippen molar-refractivity contribution in [2.24, 2.45) is 0 Å². The van der Waals surface area contributed by atoms with Gasteiger partial charge >= 0.3 is 11.9 Å². The van der Waals surface area contributed by atoms with Gasteiger partial charge in [-0.3, -0.25) is 0 Å². The average Bonchev–Trinajstić information content (AvgIpc) is 2.60. The third-order valence-corrected chi connectivity index (χ3v) is 3.47. The lowest BCUT2D eigenvalue weighted by molar-refractivity contribution is 0.0526. The first-order chi connectivity index (χ1) is 11.5. The van der Waals surface area contributed by atoms with E-state index in [1.165, 1.54) is 13.2 Å². The summed E-state index contributed by atoms with van der Waals surface area (Å²) >= 11 is 0. The molecule has 0 heterocycles. The SMILES string of the molecule is CCOC(=O)c1cc(C(=O)OC)cc(-c2ccc(C)cc2C#N)c1. The third kappa shape index (κ3) is 3.61. The Morgan fingerprint density at radius 2 is 1.75 bits per heavy atom. The van der Waals surface area contributed by atoms with Crippen molar-refractivity contribution >= 4 is 11.9 Å². The van der Waals surface area contributed by atoms with Crippen molar-refractivity contribution in [1.29, 1.82) is 5.26 Å². The average molecular weight is 323 g/mol. The number of esters is 2. The molecule has 0 fully saturated rings. The number of benzene rings is 2. The van der Waals surface area contributed by atoms with Gasteiger partial charge in [-0.15, -0.1) is 0 Å². The topological polar surface area (TPSA) is 76.4 Å². The van der Waals surface area contributed by atoms with Crippen LogP contribution in [0, 0.1) is 18.3 Å². The van der Waals surface area contributed by atoms with Gasteiger partial charge in [0.1, 0.15) is 0 Å². The van der Waals surface area contributed by atoms with Gasteiger partial charge in [-0.1, -0.05) is 12.1 Å². The Hall–Kier alpha value is -3.13. The minimum Gasteiger partial charge on any atom is -0.465 e. The first-order valence-corrected chi connectivity index (χ1v) is 7.41. The fourth-order valence-electron chi connectivity index (χ4n) is 2.35. The molecule has 0 unspecified atom stereocenters. The summed E-state index contributed by atoms with van der Waals surface area (Å²) in [5.74, 6) is -1.09. The molecule has 0 atom stereocenters. The molecule has 122 valence electrons. The highest BCUT2D eigenvalue weighted by Crippen LogP contribution is 2.27. The molecule has 0 saturated carbocycles. The van der Waals surface area contributed by atoms with Gasteiger partial charge in [0.25, 0.3) is 0 Å². The van der Waals surface area contributed by atoms with Crippen LogP contribution in [0.25, 0.3) is 11.1 Å². The zero-order valence-corrected chi connectivity index (χ0v) is 13.8. The molecule has 24 heavy (non-hydrogen) atoms. The number of ether oxygens (including phenoxy) is 2. The highest BCUT2D eigenvalue weighted by atomic mass is 16.5. The predicted molar refractivity (Wildman–Crippen MR) is 88.6 cm³/mol. The van der Waals surface area contributed by atoms with E-state index < -0.39 is 11.9 Å². The summed E-state index contributed by atoms with van der Waals surface area (Å²) in [4.78, 5) is 24.0. The maximum atomic E-state index is 12.1. The number of nitrogens with zero attached hydrogens (tertiary/aromatic N) is 1. The molecule has 0 bridgehead atoms. The lowest BCUT2D eigenvalue weighted by Gasteiger charge is -2.10. The Morgan fingerprint density at radius 3 is 2.33 bits per heavy atom. The van der Waals surface area contributed by atoms with Gasteiger partial charge in [-0.2, -0.15) is 5.26 Å². The molecule has 0 radical (unpaired) electrons. The van der Waals surface area contributed by atoms with Crippen molar-refractivity contribution in [3.8, 4) is 17.2 Å². The molecule has 2 aromatic rings. The first kappa shape index (κ1) is 17.2. The van der Waals surface area contributed by atoms with E-state index in [9.17, 15) is 14.9 Å². The predicted octanol–water partition coefficient (Wildman–Crippen LogP) is 3.50. The summed E-state index contributed by atoms with van der Waals surface area (Å²) in [6.45, 7) is 3.82. The van der Waals surface area contributed by atoms with Crippen molar-refractivity contribution in [2.45, 2.75) is 13.8 Å². The molecule has 0 N–H and O–H groups in total. The van der Waals surface area contributed by atoms with Gasteiger partial charge in [0.2, 0.25) is 0 Å². The summed E-state index contributed by atoms with van der Waals surface area (Å²) < 4.78 is 9.75. The van der Waals surface area contributed by atoms with E-state index in [-0.39, 0.29) is 17.7 Å². The first-order valence-electron chi connectivity index (χ1n) is 7.41. The normalized spacial score (nSPS) is 9.92. The van der Waals surface area contributed by atoms with Gasteiger partial charge in [0, 0.05) is 0 Å². The van der Waals surface area contributed by atoms with E-state index in [2.05, 4.69) is 6.07 Å². The molecule has 5 nitrogen and oxygen atoms in total. The van der Waals surface area contributed by atoms with Crippen LogP contribution in [-0.2, 0) is 9.47 Å². The lowest BCUT2D eigenvalue weighted by Crippen LogP contribution is -2.08. The van der Waals surface area contributed by atoms with E-state index in [0.29, 0.717) is 16.7 Å². The summed E-state index contributed by atoms with van der Waals surface area (Å²) in [6.07, 6.45) is 0. The zero-order chi connectivity index (χ0) is 17.7. The second kappa shape index (κ2) is 7.42. The van der Waals surface area contributed by atoms with Gasteiger partial charge in [0.15, 0.2) is 0 Å². The molecule has 0 aliphatic heterocycles. The van der Waals surface area contributed by atoms with Crippen LogP contribution < -0.4 is 0 Å². The van der Waals surface area contributed by atoms with Gasteiger partial charge in [-0.05, 0) is 54.8 Å². The summed E-state index contributed by atoms with van der Waals surface area (Å²) in [5.41, 5.74) is 3.09. The summed E-state index contributed by atoms with van der Waals surface area (Å²) in [7, 11) is 1.27. The molecule has 0 saturated heterocycles. The highest BCUT2D eigenvalue weighted by Gasteiger charge is 2.16. The second-order valence-electron chi connectivity index (χ2n) is 5.17. The van der Waals surface area contributed by atoms with Gasteiger partial charge in [-0.25, -0.2) is 9.59 Å². The van der Waals surface area contributed by atoms with Crippen molar-refractivity contribution < 1.29 is 19.1 Å². The van der Waals surface area contributed by atoms with Crippen LogP contribution >= 0.6 is 0 Å². The van der Waals surface area contributed by atoms with Crippen LogP contribution in [0.2, 0.25) is 0 Å². The minimum absolute atomic E-state index is 0.225. The molecular weight excluding hydrogens is 306 g/mol. The lowest BCUT2D eigenvalue weighted by atomic mass is 9.95. The minimum atomic E-state index is -0.562. The maximum absolute atomic E-state index is 12.1. The Bertz CT molecular complexity index is 834. The molecule has 2 rings (SSSR count). The molecule has 2 aromatic carbocycles. The van der Waals surface area contributed by atoms with Crippen molar-refractivity contribution in [2.75, 3.05) is 13.7 Å². The molecule has 0 spiro atoms. The van der Waals surface area contributed by atoms with Crippen molar-refractivity contribution in [3.05, 3.63) is 58.7 Å². The van der Waals surface area contributed by atoms with Crippen LogP contribution in [0.3, 0.4) is 0 Å².